The Labute approximate surface area is 207 Å². The Balaban J connectivity index is 1.37. The lowest BCUT2D eigenvalue weighted by molar-refractivity contribution is -0.142. The number of urea groups is 1. The van der Waals surface area contributed by atoms with E-state index in [2.05, 4.69) is 20.8 Å². The first kappa shape index (κ1) is 24.3. The third-order valence-corrected chi connectivity index (χ3v) is 6.63. The average molecular weight is 494 g/mol. The first-order chi connectivity index (χ1) is 16.9. The largest absolute Gasteiger partial charge is 0.466 e. The van der Waals surface area contributed by atoms with Crippen molar-refractivity contribution in [3.63, 3.8) is 0 Å². The van der Waals surface area contributed by atoms with Crippen LogP contribution in [0.5, 0.6) is 0 Å². The van der Waals surface area contributed by atoms with Crippen molar-refractivity contribution in [2.45, 2.75) is 39.2 Å². The Morgan fingerprint density at radius 3 is 2.43 bits per heavy atom. The highest BCUT2D eigenvalue weighted by molar-refractivity contribution is 7.13. The van der Waals surface area contributed by atoms with Gasteiger partial charge in [0.1, 0.15) is 5.01 Å². The molecule has 0 aliphatic carbocycles. The number of nitrogens with one attached hydrogen (secondary N) is 2. The number of nitrogens with zero attached hydrogens (tertiary/aromatic N) is 3. The molecule has 2 heterocycles. The van der Waals surface area contributed by atoms with Gasteiger partial charge in [-0.15, -0.1) is 10.2 Å². The quantitative estimate of drug-likeness (QED) is 0.466. The average Bonchev–Trinajstić information content (AvgIpc) is 3.52. The molecule has 1 fully saturated rings. The number of carbonyl (C=O) groups excluding carboxylic acids is 3. The molecular weight excluding hydrogens is 466 g/mol. The van der Waals surface area contributed by atoms with Crippen molar-refractivity contribution in [1.29, 1.82) is 0 Å². The molecule has 182 valence electrons. The summed E-state index contributed by atoms with van der Waals surface area (Å²) in [6.07, 6.45) is 1.77. The highest BCUT2D eigenvalue weighted by Gasteiger charge is 2.33. The minimum absolute atomic E-state index is 0.188. The first-order valence-electron chi connectivity index (χ1n) is 11.5. The smallest absolute Gasteiger partial charge is 0.322 e. The van der Waals surface area contributed by atoms with Crippen LogP contribution in [0.2, 0.25) is 0 Å². The van der Waals surface area contributed by atoms with Gasteiger partial charge in [-0.2, -0.15) is 0 Å². The van der Waals surface area contributed by atoms with Crippen LogP contribution in [-0.4, -0.2) is 46.2 Å². The molecule has 2 N–H and O–H groups in total. The van der Waals surface area contributed by atoms with E-state index in [9.17, 15) is 14.4 Å². The zero-order valence-corrected chi connectivity index (χ0v) is 20.4. The molecule has 4 rings (SSSR count). The highest BCUT2D eigenvalue weighted by atomic mass is 32.1. The van der Waals surface area contributed by atoms with Crippen molar-refractivity contribution in [1.82, 2.24) is 15.1 Å². The van der Waals surface area contributed by atoms with E-state index in [4.69, 9.17) is 4.74 Å². The normalized spacial score (nSPS) is 15.0. The molecule has 3 aromatic rings. The summed E-state index contributed by atoms with van der Waals surface area (Å²) >= 11 is 1.20. The summed E-state index contributed by atoms with van der Waals surface area (Å²) in [6.45, 7) is 4.68. The van der Waals surface area contributed by atoms with Crippen LogP contribution in [0.25, 0.3) is 0 Å². The number of rotatable bonds is 7. The van der Waals surface area contributed by atoms with Crippen LogP contribution >= 0.6 is 11.3 Å². The van der Waals surface area contributed by atoms with Gasteiger partial charge >= 0.3 is 12.0 Å². The fraction of sp³-hybridized carbons (Fsp3) is 0.320. The SMILES string of the molecule is CCOC(=O)Cc1ccc(NC(=O)N2CCCC2c2nnc(C(=O)Nc3ccc(C)cc3)s2)cc1. The van der Waals surface area contributed by atoms with E-state index in [-0.39, 0.29) is 35.4 Å². The Bertz CT molecular complexity index is 1190. The second kappa shape index (κ2) is 11.1. The van der Waals surface area contributed by atoms with E-state index in [0.29, 0.717) is 29.5 Å². The van der Waals surface area contributed by atoms with Gasteiger partial charge in [0.25, 0.3) is 5.91 Å². The second-order valence-electron chi connectivity index (χ2n) is 8.23. The Morgan fingerprint density at radius 2 is 1.71 bits per heavy atom. The van der Waals surface area contributed by atoms with Gasteiger partial charge in [-0.3, -0.25) is 9.59 Å². The summed E-state index contributed by atoms with van der Waals surface area (Å²) in [5, 5.41) is 14.9. The maximum absolute atomic E-state index is 13.0. The molecule has 1 unspecified atom stereocenters. The van der Waals surface area contributed by atoms with Gasteiger partial charge in [-0.1, -0.05) is 41.2 Å². The van der Waals surface area contributed by atoms with Gasteiger partial charge in [0.15, 0.2) is 0 Å². The number of benzene rings is 2. The van der Waals surface area contributed by atoms with Crippen molar-refractivity contribution in [2.24, 2.45) is 0 Å². The molecule has 1 aliphatic rings. The van der Waals surface area contributed by atoms with Crippen molar-refractivity contribution >= 4 is 40.6 Å². The van der Waals surface area contributed by atoms with Crippen molar-refractivity contribution in [3.8, 4) is 0 Å². The van der Waals surface area contributed by atoms with Gasteiger partial charge in [0.05, 0.1) is 19.1 Å². The van der Waals surface area contributed by atoms with Crippen LogP contribution in [0.1, 0.15) is 51.7 Å². The number of hydrogen-bond donors (Lipinski definition) is 2. The molecular formula is C25H27N5O4S. The zero-order chi connectivity index (χ0) is 24.8. The van der Waals surface area contributed by atoms with Gasteiger partial charge in [0.2, 0.25) is 5.01 Å². The standard InChI is InChI=1S/C25H27N5O4S/c1-3-34-21(31)15-17-8-12-19(13-9-17)27-25(33)30-14-4-5-20(30)23-28-29-24(35-23)22(32)26-18-10-6-16(2)7-11-18/h6-13,20H,3-5,14-15H2,1-2H3,(H,26,32)(H,27,33). The van der Waals surface area contributed by atoms with E-state index in [0.717, 1.165) is 24.0 Å². The Hall–Kier alpha value is -3.79. The summed E-state index contributed by atoms with van der Waals surface area (Å²) in [4.78, 5) is 38.9. The van der Waals surface area contributed by atoms with Gasteiger partial charge in [-0.05, 0) is 56.5 Å². The molecule has 0 spiro atoms. The minimum Gasteiger partial charge on any atom is -0.466 e. The van der Waals surface area contributed by atoms with Crippen LogP contribution in [0.15, 0.2) is 48.5 Å². The number of likely N-dealkylation sites (tertiary alicyclic amines) is 1. The molecule has 1 saturated heterocycles. The Morgan fingerprint density at radius 1 is 1.03 bits per heavy atom. The fourth-order valence-corrected chi connectivity index (χ4v) is 4.72. The fourth-order valence-electron chi connectivity index (χ4n) is 3.83. The number of amides is 3. The number of carbonyl (C=O) groups is 3. The lowest BCUT2D eigenvalue weighted by atomic mass is 10.1. The molecule has 9 nitrogen and oxygen atoms in total. The molecule has 1 atom stereocenters. The molecule has 0 saturated carbocycles. The van der Waals surface area contributed by atoms with Crippen LogP contribution in [0.4, 0.5) is 16.2 Å². The minimum atomic E-state index is -0.325. The number of hydrogen-bond acceptors (Lipinski definition) is 7. The third-order valence-electron chi connectivity index (χ3n) is 5.60. The van der Waals surface area contributed by atoms with Crippen molar-refractivity contribution < 1.29 is 19.1 Å². The van der Waals surface area contributed by atoms with Crippen molar-refractivity contribution in [2.75, 3.05) is 23.8 Å². The lowest BCUT2D eigenvalue weighted by Crippen LogP contribution is -2.34. The summed E-state index contributed by atoms with van der Waals surface area (Å²) in [5.74, 6) is -0.609. The number of aromatic nitrogens is 2. The molecule has 2 aromatic carbocycles. The van der Waals surface area contributed by atoms with E-state index < -0.39 is 0 Å². The number of esters is 1. The highest BCUT2D eigenvalue weighted by Crippen LogP contribution is 2.34. The molecule has 10 heteroatoms. The van der Waals surface area contributed by atoms with Gasteiger partial charge in [-0.25, -0.2) is 4.79 Å². The predicted octanol–water partition coefficient (Wildman–Crippen LogP) is 4.57. The molecule has 0 radical (unpaired) electrons. The first-order valence-corrected chi connectivity index (χ1v) is 12.3. The predicted molar refractivity (Wildman–Crippen MR) is 134 cm³/mol. The molecule has 0 bridgehead atoms. The molecule has 1 aliphatic heterocycles. The summed E-state index contributed by atoms with van der Waals surface area (Å²) in [7, 11) is 0. The monoisotopic (exact) mass is 493 g/mol. The summed E-state index contributed by atoms with van der Waals surface area (Å²) in [5.41, 5.74) is 3.23. The van der Waals surface area contributed by atoms with E-state index in [1.165, 1.54) is 11.3 Å². The Kier molecular flexibility index (Phi) is 7.71. The van der Waals surface area contributed by atoms with E-state index >= 15 is 0 Å². The van der Waals surface area contributed by atoms with Gasteiger partial charge < -0.3 is 20.3 Å². The molecule has 1 aromatic heterocycles. The molecule has 3 amide bonds. The number of anilines is 2. The summed E-state index contributed by atoms with van der Waals surface area (Å²) in [6, 6.07) is 14.1. The van der Waals surface area contributed by atoms with Crippen LogP contribution in [0, 0.1) is 6.92 Å². The zero-order valence-electron chi connectivity index (χ0n) is 19.6. The van der Waals surface area contributed by atoms with Gasteiger partial charge in [0, 0.05) is 17.9 Å². The van der Waals surface area contributed by atoms with Crippen LogP contribution < -0.4 is 10.6 Å². The van der Waals surface area contributed by atoms with Crippen LogP contribution in [-0.2, 0) is 16.0 Å². The third kappa shape index (κ3) is 6.21. The topological polar surface area (TPSA) is 114 Å². The maximum atomic E-state index is 13.0. The van der Waals surface area contributed by atoms with E-state index in [1.807, 2.05) is 31.2 Å². The molecule has 35 heavy (non-hydrogen) atoms. The summed E-state index contributed by atoms with van der Waals surface area (Å²) < 4.78 is 4.96. The second-order valence-corrected chi connectivity index (χ2v) is 9.23. The lowest BCUT2D eigenvalue weighted by Gasteiger charge is -2.23. The number of ether oxygens (including phenoxy) is 1. The van der Waals surface area contributed by atoms with E-state index in [1.54, 1.807) is 36.1 Å². The van der Waals surface area contributed by atoms with Crippen LogP contribution in [0.3, 0.4) is 0 Å². The van der Waals surface area contributed by atoms with Crippen molar-refractivity contribution in [3.05, 3.63) is 69.7 Å². The number of aryl methyl sites for hydroxylation is 1. The maximum Gasteiger partial charge on any atom is 0.322 e.